The molecule has 168 valence electrons. The molecular formula is C22H22BF3N2O3S. The molecule has 10 heteroatoms. The molecule has 3 aromatic rings. The Labute approximate surface area is 188 Å². The SMILES string of the molecule is Cc1ccc(C(=O)Nc2nc3ccc(C(F)(F)F)cc3s2)cc1B1OC(C)(C)C(C)(C)O1. The van der Waals surface area contributed by atoms with Crippen molar-refractivity contribution in [3.63, 3.8) is 0 Å². The van der Waals surface area contributed by atoms with E-state index in [1.54, 1.807) is 12.1 Å². The van der Waals surface area contributed by atoms with E-state index in [1.807, 2.05) is 40.7 Å². The van der Waals surface area contributed by atoms with Gasteiger partial charge in [0.15, 0.2) is 5.13 Å². The Morgan fingerprint density at radius 2 is 1.72 bits per heavy atom. The highest BCUT2D eigenvalue weighted by Crippen LogP contribution is 2.37. The Morgan fingerprint density at radius 3 is 2.34 bits per heavy atom. The molecule has 1 aliphatic heterocycles. The third-order valence-corrected chi connectivity index (χ3v) is 6.92. The fraction of sp³-hybridized carbons (Fsp3) is 0.364. The summed E-state index contributed by atoms with van der Waals surface area (Å²) in [7, 11) is -0.615. The number of nitrogens with one attached hydrogen (secondary N) is 1. The number of benzene rings is 2. The van der Waals surface area contributed by atoms with E-state index in [2.05, 4.69) is 10.3 Å². The number of amides is 1. The number of carbonyl (C=O) groups is 1. The summed E-state index contributed by atoms with van der Waals surface area (Å²) in [5, 5.41) is 2.91. The van der Waals surface area contributed by atoms with Crippen molar-refractivity contribution in [2.75, 3.05) is 5.32 Å². The first-order chi connectivity index (χ1) is 14.8. The number of fused-ring (bicyclic) bond motifs is 1. The van der Waals surface area contributed by atoms with E-state index < -0.39 is 36.0 Å². The molecule has 0 spiro atoms. The van der Waals surface area contributed by atoms with Crippen LogP contribution >= 0.6 is 11.3 Å². The van der Waals surface area contributed by atoms with Crippen LogP contribution in [0.1, 0.15) is 49.2 Å². The van der Waals surface area contributed by atoms with E-state index in [-0.39, 0.29) is 5.13 Å². The first kappa shape index (κ1) is 22.8. The van der Waals surface area contributed by atoms with Crippen molar-refractivity contribution in [3.8, 4) is 0 Å². The summed E-state index contributed by atoms with van der Waals surface area (Å²) >= 11 is 0.990. The van der Waals surface area contributed by atoms with Crippen LogP contribution in [0.5, 0.6) is 0 Å². The van der Waals surface area contributed by atoms with E-state index >= 15 is 0 Å². The van der Waals surface area contributed by atoms with Crippen molar-refractivity contribution in [2.24, 2.45) is 0 Å². The molecule has 2 aromatic carbocycles. The zero-order chi connectivity index (χ0) is 23.5. The van der Waals surface area contributed by atoms with E-state index in [4.69, 9.17) is 9.31 Å². The van der Waals surface area contributed by atoms with Crippen LogP contribution in [0.3, 0.4) is 0 Å². The van der Waals surface area contributed by atoms with Crippen LogP contribution in [-0.2, 0) is 15.5 Å². The second-order valence-corrected chi connectivity index (χ2v) is 9.84. The number of nitrogens with zero attached hydrogens (tertiary/aromatic N) is 1. The first-order valence-electron chi connectivity index (χ1n) is 10.0. The Kier molecular flexibility index (Phi) is 5.38. The number of aryl methyl sites for hydroxylation is 1. The molecule has 2 heterocycles. The van der Waals surface area contributed by atoms with Crippen LogP contribution in [0, 0.1) is 6.92 Å². The zero-order valence-electron chi connectivity index (χ0n) is 18.3. The molecule has 0 radical (unpaired) electrons. The molecule has 4 rings (SSSR count). The number of hydrogen-bond acceptors (Lipinski definition) is 5. The Bertz CT molecular complexity index is 1190. The second kappa shape index (κ2) is 7.57. The van der Waals surface area contributed by atoms with Crippen molar-refractivity contribution < 1.29 is 27.3 Å². The van der Waals surface area contributed by atoms with Crippen LogP contribution in [0.25, 0.3) is 10.2 Å². The molecule has 1 fully saturated rings. The van der Waals surface area contributed by atoms with E-state index in [0.29, 0.717) is 15.8 Å². The molecule has 1 aromatic heterocycles. The van der Waals surface area contributed by atoms with Crippen molar-refractivity contribution in [3.05, 3.63) is 53.1 Å². The predicted octanol–water partition coefficient (Wildman–Crippen LogP) is 5.18. The molecule has 0 aliphatic carbocycles. The number of carbonyl (C=O) groups excluding carboxylic acids is 1. The number of rotatable bonds is 3. The lowest BCUT2D eigenvalue weighted by Gasteiger charge is -2.32. The molecule has 1 saturated heterocycles. The van der Waals surface area contributed by atoms with Crippen LogP contribution < -0.4 is 10.8 Å². The standard InChI is InChI=1S/C22H22BF3N2O3S/c1-12-6-7-13(10-15(12)23-30-20(2,3)21(4,5)31-23)18(29)28-19-27-16-9-8-14(22(24,25)26)11-17(16)32-19/h6-11H,1-5H3,(H,27,28,29). The highest BCUT2D eigenvalue weighted by atomic mass is 32.1. The lowest BCUT2D eigenvalue weighted by molar-refractivity contribution is -0.137. The minimum absolute atomic E-state index is 0.224. The normalized spacial score (nSPS) is 17.7. The maximum Gasteiger partial charge on any atom is 0.495 e. The van der Waals surface area contributed by atoms with Gasteiger partial charge in [-0.3, -0.25) is 10.1 Å². The molecule has 0 unspecified atom stereocenters. The summed E-state index contributed by atoms with van der Waals surface area (Å²) < 4.78 is 51.4. The van der Waals surface area contributed by atoms with Gasteiger partial charge in [0.1, 0.15) is 0 Å². The van der Waals surface area contributed by atoms with E-state index in [1.165, 1.54) is 6.07 Å². The Hall–Kier alpha value is -2.43. The van der Waals surface area contributed by atoms with Gasteiger partial charge >= 0.3 is 13.3 Å². The van der Waals surface area contributed by atoms with Crippen LogP contribution in [0.4, 0.5) is 18.3 Å². The quantitative estimate of drug-likeness (QED) is 0.546. The van der Waals surface area contributed by atoms with Gasteiger partial charge in [-0.05, 0) is 70.4 Å². The van der Waals surface area contributed by atoms with E-state index in [9.17, 15) is 18.0 Å². The van der Waals surface area contributed by atoms with Gasteiger partial charge in [0, 0.05) is 5.56 Å². The van der Waals surface area contributed by atoms with Gasteiger partial charge in [-0.25, -0.2) is 4.98 Å². The second-order valence-electron chi connectivity index (χ2n) is 8.81. The molecule has 0 atom stereocenters. The van der Waals surface area contributed by atoms with Gasteiger partial charge in [0.25, 0.3) is 5.91 Å². The first-order valence-corrected chi connectivity index (χ1v) is 10.8. The van der Waals surface area contributed by atoms with Gasteiger partial charge < -0.3 is 9.31 Å². The van der Waals surface area contributed by atoms with Gasteiger partial charge in [-0.15, -0.1) is 0 Å². The summed E-state index contributed by atoms with van der Waals surface area (Å²) in [5.74, 6) is -0.419. The molecule has 1 amide bonds. The number of halogens is 3. The maximum atomic E-state index is 12.9. The van der Waals surface area contributed by atoms with Gasteiger partial charge in [-0.2, -0.15) is 13.2 Å². The molecular weight excluding hydrogens is 440 g/mol. The summed E-state index contributed by atoms with van der Waals surface area (Å²) in [4.78, 5) is 17.1. The van der Waals surface area contributed by atoms with Crippen molar-refractivity contribution in [2.45, 2.75) is 52.0 Å². The smallest absolute Gasteiger partial charge is 0.399 e. The number of thiazole rings is 1. The Morgan fingerprint density at radius 1 is 1.06 bits per heavy atom. The lowest BCUT2D eigenvalue weighted by atomic mass is 9.75. The molecule has 0 bridgehead atoms. The third kappa shape index (κ3) is 4.14. The molecule has 5 nitrogen and oxygen atoms in total. The average molecular weight is 462 g/mol. The van der Waals surface area contributed by atoms with E-state index in [0.717, 1.165) is 34.5 Å². The fourth-order valence-corrected chi connectivity index (χ4v) is 4.23. The highest BCUT2D eigenvalue weighted by molar-refractivity contribution is 7.22. The summed E-state index contributed by atoms with van der Waals surface area (Å²) in [6.07, 6.45) is -4.44. The van der Waals surface area contributed by atoms with Crippen molar-refractivity contribution in [1.82, 2.24) is 4.98 Å². The van der Waals surface area contributed by atoms with Crippen molar-refractivity contribution in [1.29, 1.82) is 0 Å². The molecule has 32 heavy (non-hydrogen) atoms. The molecule has 1 aliphatic rings. The minimum atomic E-state index is -4.44. The minimum Gasteiger partial charge on any atom is -0.399 e. The number of anilines is 1. The number of hydrogen-bond donors (Lipinski definition) is 1. The average Bonchev–Trinajstić information content (AvgIpc) is 3.17. The lowest BCUT2D eigenvalue weighted by Crippen LogP contribution is -2.41. The Balaban J connectivity index is 1.57. The third-order valence-electron chi connectivity index (χ3n) is 5.98. The molecule has 1 N–H and O–H groups in total. The van der Waals surface area contributed by atoms with Gasteiger partial charge in [-0.1, -0.05) is 23.0 Å². The topological polar surface area (TPSA) is 60.5 Å². The maximum absolute atomic E-state index is 12.9. The van der Waals surface area contributed by atoms with Crippen molar-refractivity contribution >= 4 is 45.2 Å². The van der Waals surface area contributed by atoms with Crippen LogP contribution in [0.15, 0.2) is 36.4 Å². The van der Waals surface area contributed by atoms with Gasteiger partial charge in [0.05, 0.1) is 27.0 Å². The number of aromatic nitrogens is 1. The highest BCUT2D eigenvalue weighted by Gasteiger charge is 2.52. The van der Waals surface area contributed by atoms with Gasteiger partial charge in [0.2, 0.25) is 0 Å². The predicted molar refractivity (Wildman–Crippen MR) is 119 cm³/mol. The summed E-state index contributed by atoms with van der Waals surface area (Å²) in [5.41, 5.74) is 0.639. The number of alkyl halides is 3. The summed E-state index contributed by atoms with van der Waals surface area (Å²) in [6.45, 7) is 9.73. The zero-order valence-corrected chi connectivity index (χ0v) is 19.1. The largest absolute Gasteiger partial charge is 0.495 e. The van der Waals surface area contributed by atoms with Crippen LogP contribution in [-0.4, -0.2) is 29.2 Å². The fourth-order valence-electron chi connectivity index (χ4n) is 3.33. The molecule has 0 saturated carbocycles. The monoisotopic (exact) mass is 462 g/mol. The summed E-state index contributed by atoms with van der Waals surface area (Å²) in [6, 6.07) is 8.50. The van der Waals surface area contributed by atoms with Crippen LogP contribution in [0.2, 0.25) is 0 Å².